The van der Waals surface area contributed by atoms with Crippen LogP contribution >= 0.6 is 11.3 Å². The molecule has 0 amide bonds. The molecule has 3 heterocycles. The van der Waals surface area contributed by atoms with Crippen molar-refractivity contribution < 1.29 is 4.42 Å². The number of thiophene rings is 1. The number of nitrogens with zero attached hydrogens (tertiary/aromatic N) is 2. The first kappa shape index (κ1) is 32.3. The second kappa shape index (κ2) is 13.3. The van der Waals surface area contributed by atoms with Crippen molar-refractivity contribution >= 4 is 53.4 Å². The normalized spacial score (nSPS) is 11.6. The molecule has 0 fully saturated rings. The van der Waals surface area contributed by atoms with Crippen LogP contribution in [0.4, 0.5) is 0 Å². The Kier molecular flexibility index (Phi) is 7.68. The molecule has 262 valence electrons. The van der Waals surface area contributed by atoms with E-state index in [1.165, 1.54) is 25.7 Å². The van der Waals surface area contributed by atoms with Crippen molar-refractivity contribution in [2.75, 3.05) is 0 Å². The summed E-state index contributed by atoms with van der Waals surface area (Å²) < 4.78 is 8.86. The van der Waals surface area contributed by atoms with E-state index in [0.29, 0.717) is 5.82 Å². The van der Waals surface area contributed by atoms with Gasteiger partial charge in [0.15, 0.2) is 5.82 Å². The highest BCUT2D eigenvalue weighted by atomic mass is 32.1. The van der Waals surface area contributed by atoms with E-state index >= 15 is 0 Å². The van der Waals surface area contributed by atoms with Gasteiger partial charge >= 0.3 is 0 Å². The highest BCUT2D eigenvalue weighted by Gasteiger charge is 2.17. The molecule has 56 heavy (non-hydrogen) atoms. The molecule has 0 saturated carbocycles. The molecule has 11 aromatic rings. The number of hydrogen-bond donors (Lipinski definition) is 0. The zero-order chi connectivity index (χ0) is 37.0. The number of furan rings is 1. The van der Waals surface area contributed by atoms with E-state index in [-0.39, 0.29) is 0 Å². The second-order valence-electron chi connectivity index (χ2n) is 14.2. The maximum absolute atomic E-state index is 6.26. The molecule has 4 heteroatoms. The maximum atomic E-state index is 6.26. The van der Waals surface area contributed by atoms with Crippen LogP contribution in [-0.4, -0.2) is 9.97 Å². The van der Waals surface area contributed by atoms with Crippen molar-refractivity contribution in [2.45, 2.75) is 0 Å². The third kappa shape index (κ3) is 5.67. The van der Waals surface area contributed by atoms with Crippen molar-refractivity contribution in [3.63, 3.8) is 0 Å². The Hall–Kier alpha value is -7.14. The largest absolute Gasteiger partial charge is 0.456 e. The van der Waals surface area contributed by atoms with Gasteiger partial charge in [-0.25, -0.2) is 9.97 Å². The van der Waals surface area contributed by atoms with E-state index in [4.69, 9.17) is 14.4 Å². The number of fused-ring (bicyclic) bond motifs is 6. The Labute approximate surface area is 327 Å². The van der Waals surface area contributed by atoms with Gasteiger partial charge in [-0.2, -0.15) is 0 Å². The Balaban J connectivity index is 1.10. The molecular weight excluding hydrogens is 701 g/mol. The van der Waals surface area contributed by atoms with Gasteiger partial charge in [-0.3, -0.25) is 0 Å². The minimum Gasteiger partial charge on any atom is -0.456 e. The van der Waals surface area contributed by atoms with Crippen molar-refractivity contribution in [3.8, 4) is 67.3 Å². The van der Waals surface area contributed by atoms with Gasteiger partial charge in [0, 0.05) is 47.6 Å². The Morgan fingerprint density at radius 2 is 0.929 bits per heavy atom. The van der Waals surface area contributed by atoms with E-state index < -0.39 is 0 Å². The number of rotatable bonds is 6. The SMILES string of the molecule is c1ccc(-c2cc(-c3ccc4sc5ccccc5c4c3)cc(-c3cc(-c4cccc(-c5cccc6oc7ccccc7c56)c4)nc(-c4ccccc4)n3)c2)cc1. The monoisotopic (exact) mass is 732 g/mol. The zero-order valence-electron chi connectivity index (χ0n) is 30.2. The predicted octanol–water partition coefficient (Wildman–Crippen LogP) is 14.7. The van der Waals surface area contributed by atoms with Crippen LogP contribution in [0, 0.1) is 0 Å². The zero-order valence-corrected chi connectivity index (χ0v) is 31.0. The third-order valence-electron chi connectivity index (χ3n) is 10.7. The van der Waals surface area contributed by atoms with Crippen molar-refractivity contribution in [1.29, 1.82) is 0 Å². The first-order chi connectivity index (χ1) is 27.7. The molecule has 3 nitrogen and oxygen atoms in total. The number of benzene rings is 8. The summed E-state index contributed by atoms with van der Waals surface area (Å²) in [5, 5.41) is 4.80. The van der Waals surface area contributed by atoms with Gasteiger partial charge in [-0.15, -0.1) is 11.3 Å². The lowest BCUT2D eigenvalue weighted by molar-refractivity contribution is 0.669. The third-order valence-corrected chi connectivity index (χ3v) is 11.8. The van der Waals surface area contributed by atoms with Crippen LogP contribution in [-0.2, 0) is 0 Å². The first-order valence-electron chi connectivity index (χ1n) is 18.8. The van der Waals surface area contributed by atoms with Crippen LogP contribution in [0.2, 0.25) is 0 Å². The Morgan fingerprint density at radius 3 is 1.77 bits per heavy atom. The lowest BCUT2D eigenvalue weighted by Gasteiger charge is -2.14. The topological polar surface area (TPSA) is 38.9 Å². The molecule has 0 bridgehead atoms. The van der Waals surface area contributed by atoms with E-state index in [1.54, 1.807) is 0 Å². The van der Waals surface area contributed by atoms with Crippen molar-refractivity contribution in [2.24, 2.45) is 0 Å². The summed E-state index contributed by atoms with van der Waals surface area (Å²) in [6, 6.07) is 68.6. The second-order valence-corrected chi connectivity index (χ2v) is 15.2. The average molecular weight is 733 g/mol. The van der Waals surface area contributed by atoms with Gasteiger partial charge in [0.2, 0.25) is 0 Å². The van der Waals surface area contributed by atoms with Crippen molar-refractivity contribution in [3.05, 3.63) is 194 Å². The van der Waals surface area contributed by atoms with Gasteiger partial charge < -0.3 is 4.42 Å². The highest BCUT2D eigenvalue weighted by molar-refractivity contribution is 7.25. The molecule has 0 aliphatic rings. The molecule has 0 saturated heterocycles. The molecular formula is C52H32N2OS. The summed E-state index contributed by atoms with van der Waals surface area (Å²) >= 11 is 1.84. The lowest BCUT2D eigenvalue weighted by atomic mass is 9.93. The molecule has 0 atom stereocenters. The standard InChI is InChI=1S/C52H32N2OS/c1-3-13-33(14-4-1)38-28-39(35-25-26-50-44(31-35)42-19-8-10-24-49(42)56-50)30-40(29-38)46-32-45(53-52(54-46)34-15-5-2-6-16-34)37-18-11-17-36(27-37)41-21-12-23-48-51(41)43-20-7-9-22-47(43)55-48/h1-32H. The Morgan fingerprint density at radius 1 is 0.339 bits per heavy atom. The quantitative estimate of drug-likeness (QED) is 0.171. The van der Waals surface area contributed by atoms with E-state index in [9.17, 15) is 0 Å². The fourth-order valence-corrected chi connectivity index (χ4v) is 9.05. The molecule has 0 unspecified atom stereocenters. The van der Waals surface area contributed by atoms with Crippen molar-refractivity contribution in [1.82, 2.24) is 9.97 Å². The summed E-state index contributed by atoms with van der Waals surface area (Å²) in [6.45, 7) is 0. The van der Waals surface area contributed by atoms with Crippen LogP contribution in [0.1, 0.15) is 0 Å². The first-order valence-corrected chi connectivity index (χ1v) is 19.6. The average Bonchev–Trinajstić information content (AvgIpc) is 3.85. The van der Waals surface area contributed by atoms with Crippen LogP contribution in [0.15, 0.2) is 199 Å². The van der Waals surface area contributed by atoms with Gasteiger partial charge in [0.25, 0.3) is 0 Å². The molecule has 0 radical (unpaired) electrons. The van der Waals surface area contributed by atoms with Crippen LogP contribution in [0.3, 0.4) is 0 Å². The fraction of sp³-hybridized carbons (Fsp3) is 0. The predicted molar refractivity (Wildman–Crippen MR) is 235 cm³/mol. The minimum absolute atomic E-state index is 0.684. The molecule has 8 aromatic carbocycles. The molecule has 3 aromatic heterocycles. The van der Waals surface area contributed by atoms with Crippen LogP contribution in [0.25, 0.3) is 109 Å². The maximum Gasteiger partial charge on any atom is 0.160 e. The molecule has 11 rings (SSSR count). The molecule has 0 N–H and O–H groups in total. The highest BCUT2D eigenvalue weighted by Crippen LogP contribution is 2.41. The lowest BCUT2D eigenvalue weighted by Crippen LogP contribution is -1.97. The smallest absolute Gasteiger partial charge is 0.160 e. The fourth-order valence-electron chi connectivity index (χ4n) is 7.97. The summed E-state index contributed by atoms with van der Waals surface area (Å²) in [5.74, 6) is 0.684. The van der Waals surface area contributed by atoms with Crippen LogP contribution < -0.4 is 0 Å². The molecule has 0 spiro atoms. The number of aromatic nitrogens is 2. The molecule has 0 aliphatic heterocycles. The van der Waals surface area contributed by atoms with Gasteiger partial charge in [-0.1, -0.05) is 133 Å². The van der Waals surface area contributed by atoms with E-state index in [0.717, 1.165) is 77.8 Å². The van der Waals surface area contributed by atoms with Gasteiger partial charge in [-0.05, 0) is 94.0 Å². The van der Waals surface area contributed by atoms with Crippen LogP contribution in [0.5, 0.6) is 0 Å². The van der Waals surface area contributed by atoms with E-state index in [2.05, 4.69) is 158 Å². The Bertz CT molecular complexity index is 3250. The summed E-state index contributed by atoms with van der Waals surface area (Å²) in [5.41, 5.74) is 13.3. The minimum atomic E-state index is 0.684. The van der Waals surface area contributed by atoms with Gasteiger partial charge in [0.1, 0.15) is 11.2 Å². The summed E-state index contributed by atoms with van der Waals surface area (Å²) in [4.78, 5) is 10.5. The number of hydrogen-bond acceptors (Lipinski definition) is 4. The number of para-hydroxylation sites is 1. The molecule has 0 aliphatic carbocycles. The summed E-state index contributed by atoms with van der Waals surface area (Å²) in [7, 11) is 0. The van der Waals surface area contributed by atoms with Gasteiger partial charge in [0.05, 0.1) is 11.4 Å². The van der Waals surface area contributed by atoms with E-state index in [1.807, 2.05) is 47.7 Å². The summed E-state index contributed by atoms with van der Waals surface area (Å²) in [6.07, 6.45) is 0.